The monoisotopic (exact) mass is 224 g/mol. The molecule has 1 aromatic heterocycles. The molecule has 0 bridgehead atoms. The molecule has 2 heteroatoms. The van der Waals surface area contributed by atoms with Gasteiger partial charge in [-0.1, -0.05) is 24.3 Å². The Kier molecular flexibility index (Phi) is 1.80. The first-order chi connectivity index (χ1) is 8.36. The summed E-state index contributed by atoms with van der Waals surface area (Å²) in [6.45, 7) is 1.18. The predicted molar refractivity (Wildman–Crippen MR) is 71.0 cm³/mol. The van der Waals surface area contributed by atoms with Gasteiger partial charge in [0.25, 0.3) is 0 Å². The van der Waals surface area contributed by atoms with Gasteiger partial charge in [-0.25, -0.2) is 0 Å². The van der Waals surface area contributed by atoms with Crippen molar-refractivity contribution in [3.05, 3.63) is 41.6 Å². The maximum atomic E-state index is 2.49. The molecule has 0 spiro atoms. The van der Waals surface area contributed by atoms with Crippen molar-refractivity contribution in [2.75, 3.05) is 13.6 Å². The third kappa shape index (κ3) is 1.14. The first kappa shape index (κ1) is 9.49. The zero-order chi connectivity index (χ0) is 11.4. The average molecular weight is 224 g/mol. The number of fused-ring (bicyclic) bond motifs is 3. The summed E-state index contributed by atoms with van der Waals surface area (Å²) >= 11 is 0. The molecule has 86 valence electrons. The minimum absolute atomic E-state index is 0.580. The number of aromatic nitrogens is 1. The second kappa shape index (κ2) is 3.23. The molecule has 0 amide bonds. The van der Waals surface area contributed by atoms with Crippen molar-refractivity contribution >= 4 is 17.1 Å². The summed E-state index contributed by atoms with van der Waals surface area (Å²) in [4.78, 5) is 2.49. The Bertz CT molecular complexity index is 621. The Morgan fingerprint density at radius 2 is 2.12 bits per heavy atom. The Hall–Kier alpha value is -1.54. The van der Waals surface area contributed by atoms with Crippen molar-refractivity contribution in [1.82, 2.24) is 9.47 Å². The van der Waals surface area contributed by atoms with Crippen LogP contribution in [0.2, 0.25) is 0 Å². The van der Waals surface area contributed by atoms with Gasteiger partial charge in [0.05, 0.1) is 11.6 Å². The van der Waals surface area contributed by atoms with E-state index in [2.05, 4.69) is 53.1 Å². The fourth-order valence-electron chi connectivity index (χ4n) is 3.38. The lowest BCUT2D eigenvalue weighted by atomic mass is 9.95. The highest BCUT2D eigenvalue weighted by Gasteiger charge is 2.31. The summed E-state index contributed by atoms with van der Waals surface area (Å²) in [5.74, 6) is 0. The van der Waals surface area contributed by atoms with Gasteiger partial charge in [0, 0.05) is 23.8 Å². The lowest BCUT2D eigenvalue weighted by molar-refractivity contribution is 0.224. The molecule has 2 nitrogen and oxygen atoms in total. The van der Waals surface area contributed by atoms with Crippen molar-refractivity contribution in [3.63, 3.8) is 0 Å². The standard InChI is InChI=1S/C15H16N2/c1-16-10-8-12-11-5-2-3-6-13(11)17-9-4-7-14(16)15(12)17/h2-6,9,14H,7-8,10H2,1H3. The van der Waals surface area contributed by atoms with Crippen LogP contribution in [-0.4, -0.2) is 23.1 Å². The lowest BCUT2D eigenvalue weighted by Crippen LogP contribution is -2.33. The van der Waals surface area contributed by atoms with Gasteiger partial charge in [-0.05, 0) is 31.5 Å². The molecule has 3 heterocycles. The van der Waals surface area contributed by atoms with Crippen LogP contribution in [0.4, 0.5) is 0 Å². The van der Waals surface area contributed by atoms with Crippen LogP contribution in [0.1, 0.15) is 23.7 Å². The Labute approximate surface area is 101 Å². The van der Waals surface area contributed by atoms with Gasteiger partial charge in [0.1, 0.15) is 0 Å². The van der Waals surface area contributed by atoms with E-state index in [1.807, 2.05) is 0 Å². The van der Waals surface area contributed by atoms with E-state index in [9.17, 15) is 0 Å². The molecule has 17 heavy (non-hydrogen) atoms. The molecular weight excluding hydrogens is 208 g/mol. The van der Waals surface area contributed by atoms with E-state index >= 15 is 0 Å². The van der Waals surface area contributed by atoms with E-state index in [4.69, 9.17) is 0 Å². The number of likely N-dealkylation sites (N-methyl/N-ethyl adjacent to an activating group) is 1. The van der Waals surface area contributed by atoms with Crippen LogP contribution < -0.4 is 0 Å². The Morgan fingerprint density at radius 3 is 3.06 bits per heavy atom. The van der Waals surface area contributed by atoms with E-state index < -0.39 is 0 Å². The van der Waals surface area contributed by atoms with Crippen LogP contribution in [0.3, 0.4) is 0 Å². The van der Waals surface area contributed by atoms with Crippen molar-refractivity contribution in [1.29, 1.82) is 0 Å². The second-order valence-corrected chi connectivity index (χ2v) is 5.12. The lowest BCUT2D eigenvalue weighted by Gasteiger charge is -2.35. The first-order valence-electron chi connectivity index (χ1n) is 6.35. The molecule has 1 unspecified atom stereocenters. The molecule has 2 aromatic rings. The van der Waals surface area contributed by atoms with Crippen LogP contribution in [0.25, 0.3) is 17.1 Å². The molecule has 1 atom stereocenters. The minimum Gasteiger partial charge on any atom is -0.319 e. The van der Waals surface area contributed by atoms with Crippen molar-refractivity contribution in [2.45, 2.75) is 18.9 Å². The van der Waals surface area contributed by atoms with E-state index in [0.29, 0.717) is 6.04 Å². The average Bonchev–Trinajstić information content (AvgIpc) is 2.70. The van der Waals surface area contributed by atoms with Crippen LogP contribution in [0, 0.1) is 0 Å². The van der Waals surface area contributed by atoms with E-state index in [1.54, 1.807) is 5.56 Å². The smallest absolute Gasteiger partial charge is 0.0539 e. The van der Waals surface area contributed by atoms with Crippen molar-refractivity contribution in [2.24, 2.45) is 0 Å². The molecule has 0 radical (unpaired) electrons. The van der Waals surface area contributed by atoms with Crippen LogP contribution in [0.5, 0.6) is 0 Å². The van der Waals surface area contributed by atoms with E-state index in [0.717, 1.165) is 6.42 Å². The molecule has 1 aromatic carbocycles. The quantitative estimate of drug-likeness (QED) is 0.667. The zero-order valence-corrected chi connectivity index (χ0v) is 10.1. The molecule has 0 saturated heterocycles. The normalized spacial score (nSPS) is 23.0. The summed E-state index contributed by atoms with van der Waals surface area (Å²) in [6, 6.07) is 9.38. The number of hydrogen-bond donors (Lipinski definition) is 0. The van der Waals surface area contributed by atoms with Gasteiger partial charge >= 0.3 is 0 Å². The minimum atomic E-state index is 0.580. The van der Waals surface area contributed by atoms with Gasteiger partial charge in [-0.3, -0.25) is 4.90 Å². The van der Waals surface area contributed by atoms with Crippen LogP contribution >= 0.6 is 0 Å². The fourth-order valence-corrected chi connectivity index (χ4v) is 3.38. The largest absolute Gasteiger partial charge is 0.319 e. The number of hydrogen-bond acceptors (Lipinski definition) is 1. The van der Waals surface area contributed by atoms with Crippen molar-refractivity contribution in [3.8, 4) is 0 Å². The Balaban J connectivity index is 2.13. The Morgan fingerprint density at radius 1 is 1.24 bits per heavy atom. The second-order valence-electron chi connectivity index (χ2n) is 5.12. The fraction of sp³-hybridized carbons (Fsp3) is 0.333. The summed E-state index contributed by atoms with van der Waals surface area (Å²) in [5, 5.41) is 1.45. The number of para-hydroxylation sites is 1. The summed E-state index contributed by atoms with van der Waals surface area (Å²) in [6.07, 6.45) is 6.88. The maximum Gasteiger partial charge on any atom is 0.0539 e. The summed E-state index contributed by atoms with van der Waals surface area (Å²) < 4.78 is 2.40. The van der Waals surface area contributed by atoms with Gasteiger partial charge in [-0.2, -0.15) is 0 Å². The third-order valence-corrected chi connectivity index (χ3v) is 4.23. The topological polar surface area (TPSA) is 8.17 Å². The summed E-state index contributed by atoms with van der Waals surface area (Å²) in [5.41, 5.74) is 4.48. The maximum absolute atomic E-state index is 2.49. The SMILES string of the molecule is CN1CCc2c3n(c4ccccc24)C=CCC31. The van der Waals surface area contributed by atoms with Crippen LogP contribution in [-0.2, 0) is 6.42 Å². The summed E-state index contributed by atoms with van der Waals surface area (Å²) in [7, 11) is 2.24. The number of rotatable bonds is 0. The molecule has 0 N–H and O–H groups in total. The molecule has 0 saturated carbocycles. The molecule has 0 fully saturated rings. The molecule has 0 aliphatic carbocycles. The molecule has 4 rings (SSSR count). The zero-order valence-electron chi connectivity index (χ0n) is 10.1. The highest BCUT2D eigenvalue weighted by atomic mass is 15.2. The van der Waals surface area contributed by atoms with Crippen LogP contribution in [0.15, 0.2) is 30.3 Å². The highest BCUT2D eigenvalue weighted by molar-refractivity contribution is 5.88. The highest BCUT2D eigenvalue weighted by Crippen LogP contribution is 2.40. The molecule has 2 aliphatic rings. The van der Waals surface area contributed by atoms with Gasteiger partial charge in [-0.15, -0.1) is 0 Å². The van der Waals surface area contributed by atoms with Gasteiger partial charge in [0.15, 0.2) is 0 Å². The first-order valence-corrected chi connectivity index (χ1v) is 6.35. The number of nitrogens with zero attached hydrogens (tertiary/aromatic N) is 2. The molecule has 2 aliphatic heterocycles. The van der Waals surface area contributed by atoms with E-state index in [-0.39, 0.29) is 0 Å². The third-order valence-electron chi connectivity index (χ3n) is 4.23. The van der Waals surface area contributed by atoms with Gasteiger partial charge < -0.3 is 4.57 Å². The van der Waals surface area contributed by atoms with Crippen molar-refractivity contribution < 1.29 is 0 Å². The molecular formula is C15H16N2. The number of benzene rings is 1. The van der Waals surface area contributed by atoms with Gasteiger partial charge in [0.2, 0.25) is 0 Å². The predicted octanol–water partition coefficient (Wildman–Crippen LogP) is 3.04. The van der Waals surface area contributed by atoms with E-state index in [1.165, 1.54) is 29.6 Å².